The summed E-state index contributed by atoms with van der Waals surface area (Å²) >= 11 is 0. The van der Waals surface area contributed by atoms with E-state index in [4.69, 9.17) is 0 Å². The van der Waals surface area contributed by atoms with Gasteiger partial charge in [-0.2, -0.15) is 26.3 Å². The Bertz CT molecular complexity index is 1570. The highest BCUT2D eigenvalue weighted by atomic mass is 19.4. The Kier molecular flexibility index (Phi) is 6.72. The van der Waals surface area contributed by atoms with E-state index in [1.54, 1.807) is 24.4 Å². The van der Waals surface area contributed by atoms with Crippen molar-refractivity contribution in [3.8, 4) is 11.4 Å². The van der Waals surface area contributed by atoms with Crippen LogP contribution in [0.15, 0.2) is 72.5 Å². The van der Waals surface area contributed by atoms with Gasteiger partial charge in [-0.05, 0) is 36.4 Å². The minimum absolute atomic E-state index is 0.00675. The van der Waals surface area contributed by atoms with Crippen LogP contribution in [-0.2, 0) is 12.7 Å². The lowest BCUT2D eigenvalue weighted by Crippen LogP contribution is -2.30. The van der Waals surface area contributed by atoms with Gasteiger partial charge in [-0.15, -0.1) is 10.2 Å². The monoisotopic (exact) mass is 545 g/mol. The largest absolute Gasteiger partial charge is 0.418 e. The number of fused-ring (bicyclic) bond motifs is 1. The van der Waals surface area contributed by atoms with Crippen molar-refractivity contribution in [3.05, 3.63) is 83.7 Å². The fourth-order valence-corrected chi connectivity index (χ4v) is 3.62. The maximum Gasteiger partial charge on any atom is 0.418 e. The van der Waals surface area contributed by atoms with Gasteiger partial charge in [0.05, 0.1) is 35.3 Å². The molecule has 15 heteroatoms. The first-order chi connectivity index (χ1) is 18.6. The molecule has 0 bridgehead atoms. The third kappa shape index (κ3) is 5.86. The Morgan fingerprint density at radius 2 is 1.74 bits per heavy atom. The van der Waals surface area contributed by atoms with Gasteiger partial charge in [0.2, 0.25) is 0 Å². The first kappa shape index (κ1) is 25.8. The summed E-state index contributed by atoms with van der Waals surface area (Å²) in [7, 11) is 0. The Morgan fingerprint density at radius 1 is 0.897 bits per heavy atom. The standard InChI is InChI=1S/C24H17F6N9/c25-23(26,27)13-4-5-18(33-10-13)36-16-6-8-32-22-21(16)35-12-17(37-22)20-15(24(28,29)30)9-19(38-39-20)34-11-14-3-1-2-7-31-14/h1-9,12,33H,10-11H2,(H,34,38)(H,32,36,37). The SMILES string of the molecule is FC(F)(F)C1=CC=C(Nc2ccnc3nc(-c4nnc(NCc5ccccn5)cc4C(F)(F)F)cnc23)NC1. The van der Waals surface area contributed by atoms with Gasteiger partial charge in [0.25, 0.3) is 0 Å². The van der Waals surface area contributed by atoms with Gasteiger partial charge in [-0.1, -0.05) is 6.07 Å². The summed E-state index contributed by atoms with van der Waals surface area (Å²) in [5.74, 6) is 0.159. The normalized spacial score (nSPS) is 13.9. The molecule has 1 aliphatic rings. The fraction of sp³-hybridized carbons (Fsp3) is 0.167. The van der Waals surface area contributed by atoms with E-state index in [0.717, 1.165) is 18.3 Å². The van der Waals surface area contributed by atoms with Crippen LogP contribution in [0.2, 0.25) is 0 Å². The van der Waals surface area contributed by atoms with Gasteiger partial charge < -0.3 is 16.0 Å². The van der Waals surface area contributed by atoms with Crippen LogP contribution in [0.3, 0.4) is 0 Å². The predicted octanol–water partition coefficient (Wildman–Crippen LogP) is 4.85. The number of nitrogens with zero attached hydrogens (tertiary/aromatic N) is 6. The van der Waals surface area contributed by atoms with Crippen LogP contribution in [0.4, 0.5) is 37.8 Å². The van der Waals surface area contributed by atoms with E-state index in [0.29, 0.717) is 11.4 Å². The number of anilines is 2. The highest BCUT2D eigenvalue weighted by Gasteiger charge is 2.36. The van der Waals surface area contributed by atoms with Gasteiger partial charge >= 0.3 is 12.4 Å². The Balaban J connectivity index is 1.43. The minimum atomic E-state index is -4.78. The van der Waals surface area contributed by atoms with Crippen molar-refractivity contribution in [3.63, 3.8) is 0 Å². The Morgan fingerprint density at radius 3 is 2.44 bits per heavy atom. The second-order valence-corrected chi connectivity index (χ2v) is 8.20. The van der Waals surface area contributed by atoms with Crippen LogP contribution in [0, 0.1) is 0 Å². The molecule has 0 aliphatic carbocycles. The average Bonchev–Trinajstić information content (AvgIpc) is 2.91. The van der Waals surface area contributed by atoms with Crippen LogP contribution in [-0.4, -0.2) is 42.9 Å². The zero-order chi connectivity index (χ0) is 27.6. The van der Waals surface area contributed by atoms with Crippen LogP contribution >= 0.6 is 0 Å². The van der Waals surface area contributed by atoms with Crippen molar-refractivity contribution in [2.24, 2.45) is 0 Å². The lowest BCUT2D eigenvalue weighted by molar-refractivity contribution is -0.137. The molecular weight excluding hydrogens is 528 g/mol. The molecular formula is C24H17F6N9. The minimum Gasteiger partial charge on any atom is -0.368 e. The number of hydrogen-bond donors (Lipinski definition) is 3. The van der Waals surface area contributed by atoms with Crippen LogP contribution in [0.25, 0.3) is 22.6 Å². The first-order valence-electron chi connectivity index (χ1n) is 11.3. The molecule has 0 spiro atoms. The molecule has 0 radical (unpaired) electrons. The number of nitrogens with one attached hydrogen (secondary N) is 3. The number of rotatable bonds is 6. The van der Waals surface area contributed by atoms with Gasteiger partial charge in [0.15, 0.2) is 5.65 Å². The molecule has 1 aliphatic heterocycles. The molecule has 0 atom stereocenters. The van der Waals surface area contributed by atoms with E-state index in [9.17, 15) is 26.3 Å². The molecule has 39 heavy (non-hydrogen) atoms. The second kappa shape index (κ2) is 10.2. The van der Waals surface area contributed by atoms with E-state index < -0.39 is 35.7 Å². The summed E-state index contributed by atoms with van der Waals surface area (Å²) in [5, 5.41) is 15.9. The van der Waals surface area contributed by atoms with Gasteiger partial charge in [0.1, 0.15) is 28.5 Å². The third-order valence-corrected chi connectivity index (χ3v) is 5.52. The lowest BCUT2D eigenvalue weighted by Gasteiger charge is -2.20. The summed E-state index contributed by atoms with van der Waals surface area (Å²) in [6.07, 6.45) is -3.07. The van der Waals surface area contributed by atoms with Crippen molar-refractivity contribution in [1.82, 2.24) is 35.5 Å². The van der Waals surface area contributed by atoms with Gasteiger partial charge in [-0.3, -0.25) is 4.98 Å². The Hall–Kier alpha value is -4.82. The zero-order valence-corrected chi connectivity index (χ0v) is 19.6. The van der Waals surface area contributed by atoms with Gasteiger partial charge in [0, 0.05) is 18.9 Å². The molecule has 0 saturated heterocycles. The van der Waals surface area contributed by atoms with Crippen LogP contribution < -0.4 is 16.0 Å². The van der Waals surface area contributed by atoms with E-state index in [2.05, 4.69) is 46.1 Å². The van der Waals surface area contributed by atoms with Crippen molar-refractivity contribution < 1.29 is 26.3 Å². The number of allylic oxidation sites excluding steroid dienone is 2. The van der Waals surface area contributed by atoms with Crippen LogP contribution in [0.1, 0.15) is 11.3 Å². The smallest absolute Gasteiger partial charge is 0.368 e. The number of alkyl halides is 6. The maximum absolute atomic E-state index is 13.9. The molecule has 0 amide bonds. The van der Waals surface area contributed by atoms with Crippen molar-refractivity contribution in [2.75, 3.05) is 17.2 Å². The molecule has 0 saturated carbocycles. The number of aromatic nitrogens is 6. The van der Waals surface area contributed by atoms with E-state index in [-0.39, 0.29) is 35.0 Å². The molecule has 0 unspecified atom stereocenters. The van der Waals surface area contributed by atoms with E-state index in [1.165, 1.54) is 18.3 Å². The van der Waals surface area contributed by atoms with E-state index >= 15 is 0 Å². The summed E-state index contributed by atoms with van der Waals surface area (Å²) in [6.45, 7) is -0.299. The van der Waals surface area contributed by atoms with Gasteiger partial charge in [-0.25, -0.2) is 15.0 Å². The molecule has 0 aromatic carbocycles. The average molecular weight is 545 g/mol. The molecule has 200 valence electrons. The number of halogens is 6. The molecule has 0 fully saturated rings. The molecule has 4 aromatic heterocycles. The summed E-state index contributed by atoms with van der Waals surface area (Å²) < 4.78 is 80.4. The number of hydrogen-bond acceptors (Lipinski definition) is 9. The number of pyridine rings is 2. The zero-order valence-electron chi connectivity index (χ0n) is 19.6. The quantitative estimate of drug-likeness (QED) is 0.293. The fourth-order valence-electron chi connectivity index (χ4n) is 3.62. The topological polar surface area (TPSA) is 113 Å². The number of dihydropyridines is 1. The maximum atomic E-state index is 13.9. The van der Waals surface area contributed by atoms with Crippen LogP contribution in [0.5, 0.6) is 0 Å². The summed E-state index contributed by atoms with van der Waals surface area (Å²) in [5.41, 5.74) is -1.46. The van der Waals surface area contributed by atoms with Crippen molar-refractivity contribution in [2.45, 2.75) is 18.9 Å². The highest BCUT2D eigenvalue weighted by Crippen LogP contribution is 2.36. The predicted molar refractivity (Wildman–Crippen MR) is 129 cm³/mol. The van der Waals surface area contributed by atoms with Crippen molar-refractivity contribution in [1.29, 1.82) is 0 Å². The molecule has 9 nitrogen and oxygen atoms in total. The first-order valence-corrected chi connectivity index (χ1v) is 11.3. The molecule has 4 aromatic rings. The summed E-state index contributed by atoms with van der Waals surface area (Å²) in [4.78, 5) is 16.6. The molecule has 5 heterocycles. The van der Waals surface area contributed by atoms with E-state index in [1.807, 2.05) is 0 Å². The Labute approximate surface area is 216 Å². The molecule has 5 rings (SSSR count). The van der Waals surface area contributed by atoms with Crippen molar-refractivity contribution >= 4 is 22.7 Å². The third-order valence-electron chi connectivity index (χ3n) is 5.52. The molecule has 3 N–H and O–H groups in total. The second-order valence-electron chi connectivity index (χ2n) is 8.20. The highest BCUT2D eigenvalue weighted by molar-refractivity contribution is 5.86. The lowest BCUT2D eigenvalue weighted by atomic mass is 10.1. The summed E-state index contributed by atoms with van der Waals surface area (Å²) in [6, 6.07) is 7.50.